The third kappa shape index (κ3) is 8.15. The van der Waals surface area contributed by atoms with Gasteiger partial charge in [-0.3, -0.25) is 29.4 Å². The molecular formula is C35H34N8O10S. The number of nitrogens with zero attached hydrogens (tertiary/aromatic N) is 7. The van der Waals surface area contributed by atoms with Crippen LogP contribution in [0.2, 0.25) is 0 Å². The molecule has 6 rings (SSSR count). The van der Waals surface area contributed by atoms with Gasteiger partial charge in [0.25, 0.3) is 0 Å². The van der Waals surface area contributed by atoms with E-state index in [1.54, 1.807) is 16.0 Å². The summed E-state index contributed by atoms with van der Waals surface area (Å²) in [5.74, 6) is -3.40. The molecule has 0 radical (unpaired) electrons. The fraction of sp³-hybridized carbons (Fsp3) is 0.343. The van der Waals surface area contributed by atoms with Crippen LogP contribution < -0.4 is 5.43 Å². The highest BCUT2D eigenvalue weighted by atomic mass is 32.1. The molecule has 1 aliphatic carbocycles. The molecule has 5 aromatic rings. The van der Waals surface area contributed by atoms with Gasteiger partial charge in [-0.25, -0.2) is 19.9 Å². The lowest BCUT2D eigenvalue weighted by atomic mass is 9.89. The van der Waals surface area contributed by atoms with E-state index in [1.807, 2.05) is 12.1 Å². The Balaban J connectivity index is 1.35. The zero-order valence-corrected chi connectivity index (χ0v) is 30.5. The van der Waals surface area contributed by atoms with Crippen molar-refractivity contribution in [2.45, 2.75) is 71.9 Å². The highest BCUT2D eigenvalue weighted by Crippen LogP contribution is 2.45. The largest absolute Gasteiger partial charge is 0.462 e. The maximum Gasteiger partial charge on any atom is 0.303 e. The Hall–Kier alpha value is -6.37. The maximum atomic E-state index is 12.3. The van der Waals surface area contributed by atoms with Crippen molar-refractivity contribution >= 4 is 74.5 Å². The van der Waals surface area contributed by atoms with E-state index in [2.05, 4.69) is 47.7 Å². The fourth-order valence-electron chi connectivity index (χ4n) is 6.12. The lowest BCUT2D eigenvalue weighted by Gasteiger charge is -2.34. The first-order valence-corrected chi connectivity index (χ1v) is 17.4. The summed E-state index contributed by atoms with van der Waals surface area (Å²) in [7, 11) is 0. The van der Waals surface area contributed by atoms with Crippen molar-refractivity contribution < 1.29 is 47.7 Å². The number of ether oxygens (including phenoxy) is 5. The summed E-state index contributed by atoms with van der Waals surface area (Å²) in [6.45, 7) is 4.82. The number of fused-ring (bicyclic) bond motifs is 6. The zero-order chi connectivity index (χ0) is 38.5. The smallest absolute Gasteiger partial charge is 0.303 e. The van der Waals surface area contributed by atoms with Crippen molar-refractivity contribution in [1.29, 1.82) is 0 Å². The van der Waals surface area contributed by atoms with Crippen LogP contribution >= 0.6 is 11.3 Å². The van der Waals surface area contributed by atoms with E-state index in [4.69, 9.17) is 23.7 Å². The maximum absolute atomic E-state index is 12.3. The van der Waals surface area contributed by atoms with Crippen molar-refractivity contribution in [2.75, 3.05) is 12.0 Å². The van der Waals surface area contributed by atoms with E-state index in [1.165, 1.54) is 29.3 Å². The molecule has 1 aromatic carbocycles. The first-order valence-electron chi connectivity index (χ1n) is 16.6. The van der Waals surface area contributed by atoms with Gasteiger partial charge < -0.3 is 23.7 Å². The van der Waals surface area contributed by atoms with Gasteiger partial charge in [0.1, 0.15) is 24.1 Å². The molecule has 0 amide bonds. The van der Waals surface area contributed by atoms with Gasteiger partial charge in [-0.15, -0.1) is 11.3 Å². The van der Waals surface area contributed by atoms with Crippen LogP contribution in [-0.4, -0.2) is 96.8 Å². The van der Waals surface area contributed by atoms with Gasteiger partial charge in [-0.05, 0) is 24.0 Å². The SMILES string of the molecule is CC(=O)OC[C@@H](OC(C)=O)[C@H](OC(C)=O)[C@@H](OC(C)=O)[C@@H](/C=N/Nc1ncnc2c1cnn2-c1ncnc2sc3c(c12)-c1ccccc1CC3)OC(C)=O. The minimum absolute atomic E-state index is 0.195. The summed E-state index contributed by atoms with van der Waals surface area (Å²) < 4.78 is 28.2. The van der Waals surface area contributed by atoms with E-state index >= 15 is 0 Å². The average Bonchev–Trinajstić information content (AvgIpc) is 3.73. The molecule has 18 nitrogen and oxygen atoms in total. The molecule has 1 N–H and O–H groups in total. The topological polar surface area (TPSA) is 225 Å². The molecule has 4 atom stereocenters. The minimum Gasteiger partial charge on any atom is -0.462 e. The van der Waals surface area contributed by atoms with E-state index in [0.29, 0.717) is 16.9 Å². The van der Waals surface area contributed by atoms with Crippen LogP contribution in [0.1, 0.15) is 45.1 Å². The molecule has 0 bridgehead atoms. The van der Waals surface area contributed by atoms with Gasteiger partial charge >= 0.3 is 29.8 Å². The van der Waals surface area contributed by atoms with Crippen LogP contribution in [0.25, 0.3) is 38.2 Å². The van der Waals surface area contributed by atoms with E-state index in [9.17, 15) is 24.0 Å². The lowest BCUT2D eigenvalue weighted by Crippen LogP contribution is -2.53. The number of hydrazone groups is 1. The Morgan fingerprint density at radius 2 is 1.56 bits per heavy atom. The van der Waals surface area contributed by atoms with Crippen molar-refractivity contribution in [3.05, 3.63) is 53.6 Å². The highest BCUT2D eigenvalue weighted by molar-refractivity contribution is 7.19. The standard InChI is InChI=1S/C35H34N8O10S/c1-17(44)49-14-26(51-19(3)46)31(53-21(5)48)30(52-20(4)47)25(50-18(2)45)13-40-42-32-24-12-41-43(33(24)37-15-36-32)34-29-28-23-9-7-6-8-22(23)10-11-27(28)54-35(29)39-16-38-34/h6-9,12-13,15-16,25-26,30-31H,10-11,14H2,1-5H3,(H,36,37,42)/b40-13+/t25-,26-,30+,31+/m1/s1. The molecule has 19 heteroatoms. The second-order valence-electron chi connectivity index (χ2n) is 12.0. The van der Waals surface area contributed by atoms with Gasteiger partial charge in [0.2, 0.25) is 0 Å². The normalized spacial score (nSPS) is 14.3. The summed E-state index contributed by atoms with van der Waals surface area (Å²) in [6, 6.07) is 8.26. The molecule has 4 aromatic heterocycles. The van der Waals surface area contributed by atoms with Crippen molar-refractivity contribution in [3.8, 4) is 16.9 Å². The Kier molecular flexibility index (Phi) is 11.2. The van der Waals surface area contributed by atoms with Gasteiger partial charge in [-0.2, -0.15) is 14.9 Å². The molecule has 54 heavy (non-hydrogen) atoms. The first-order chi connectivity index (χ1) is 25.9. The number of carbonyl (C=O) groups excluding carboxylic acids is 5. The summed E-state index contributed by atoms with van der Waals surface area (Å²) in [4.78, 5) is 80.5. The molecule has 0 aliphatic heterocycles. The number of rotatable bonds is 13. The molecule has 0 saturated carbocycles. The van der Waals surface area contributed by atoms with E-state index in [0.717, 1.165) is 75.0 Å². The number of nitrogens with one attached hydrogen (secondary N) is 1. The van der Waals surface area contributed by atoms with E-state index in [-0.39, 0.29) is 5.82 Å². The predicted octanol–water partition coefficient (Wildman–Crippen LogP) is 3.27. The molecule has 0 spiro atoms. The van der Waals surface area contributed by atoms with Crippen LogP contribution in [0.5, 0.6) is 0 Å². The van der Waals surface area contributed by atoms with Crippen molar-refractivity contribution in [2.24, 2.45) is 5.10 Å². The second kappa shape index (κ2) is 16.1. The van der Waals surface area contributed by atoms with Crippen LogP contribution in [0.4, 0.5) is 5.82 Å². The summed E-state index contributed by atoms with van der Waals surface area (Å²) in [5.41, 5.74) is 6.61. The third-order valence-electron chi connectivity index (χ3n) is 8.10. The van der Waals surface area contributed by atoms with Gasteiger partial charge in [0, 0.05) is 45.1 Å². The summed E-state index contributed by atoms with van der Waals surface area (Å²) in [5, 5.41) is 10.1. The van der Waals surface area contributed by atoms with Gasteiger partial charge in [-0.1, -0.05) is 24.3 Å². The third-order valence-corrected chi connectivity index (χ3v) is 9.25. The molecule has 4 heterocycles. The number of anilines is 1. The highest BCUT2D eigenvalue weighted by Gasteiger charge is 2.43. The van der Waals surface area contributed by atoms with Crippen molar-refractivity contribution in [3.63, 3.8) is 0 Å². The van der Waals surface area contributed by atoms with Gasteiger partial charge in [0.15, 0.2) is 41.7 Å². The Labute approximate surface area is 310 Å². The predicted molar refractivity (Wildman–Crippen MR) is 191 cm³/mol. The Morgan fingerprint density at radius 1 is 0.852 bits per heavy atom. The number of aromatic nitrogens is 6. The Bertz CT molecular complexity index is 2290. The van der Waals surface area contributed by atoms with Gasteiger partial charge in [0.05, 0.1) is 23.2 Å². The number of hydrogen-bond acceptors (Lipinski definition) is 18. The number of hydrogen-bond donors (Lipinski definition) is 1. The van der Waals surface area contributed by atoms with Crippen molar-refractivity contribution in [1.82, 2.24) is 29.7 Å². The number of carbonyl (C=O) groups is 5. The molecule has 0 saturated heterocycles. The molecule has 0 fully saturated rings. The molecule has 280 valence electrons. The number of aryl methyl sites for hydroxylation is 2. The van der Waals surface area contributed by atoms with Crippen LogP contribution in [0, 0.1) is 0 Å². The number of thiophene rings is 1. The number of esters is 5. The first kappa shape index (κ1) is 37.4. The zero-order valence-electron chi connectivity index (χ0n) is 29.7. The quantitative estimate of drug-likeness (QED) is 0.0787. The molecule has 1 aliphatic rings. The summed E-state index contributed by atoms with van der Waals surface area (Å²) >= 11 is 1.62. The molecule has 0 unspecified atom stereocenters. The van der Waals surface area contributed by atoms with Crippen LogP contribution in [0.15, 0.2) is 48.2 Å². The average molecular weight is 759 g/mol. The monoisotopic (exact) mass is 758 g/mol. The second-order valence-corrected chi connectivity index (χ2v) is 13.1. The summed E-state index contributed by atoms with van der Waals surface area (Å²) in [6.07, 6.45) is 0.907. The minimum atomic E-state index is -1.64. The Morgan fingerprint density at radius 3 is 2.28 bits per heavy atom. The molecular weight excluding hydrogens is 724 g/mol. The fourth-order valence-corrected chi connectivity index (χ4v) is 7.26. The van der Waals surface area contributed by atoms with Crippen LogP contribution in [0.3, 0.4) is 0 Å². The lowest BCUT2D eigenvalue weighted by molar-refractivity contribution is -0.197. The number of benzene rings is 1. The van der Waals surface area contributed by atoms with Crippen LogP contribution in [-0.2, 0) is 60.5 Å². The van der Waals surface area contributed by atoms with E-state index < -0.39 is 60.9 Å².